The number of carbonyl (C=O) groups is 2. The molecular weight excluding hydrogens is 228 g/mol. The van der Waals surface area contributed by atoms with Crippen molar-refractivity contribution in [3.05, 3.63) is 35.9 Å². The predicted molar refractivity (Wildman–Crippen MR) is 68.5 cm³/mol. The van der Waals surface area contributed by atoms with Crippen molar-refractivity contribution in [2.24, 2.45) is 11.8 Å². The maximum absolute atomic E-state index is 12.1. The minimum atomic E-state index is -0.749. The van der Waals surface area contributed by atoms with E-state index in [0.717, 1.165) is 19.3 Å². The number of aliphatic carboxylic acids is 1. The molecular formula is C15H18O3. The number of Topliss-reactive ketones (excluding diaryl/α,β-unsaturated/α-hetero) is 1. The lowest BCUT2D eigenvalue weighted by atomic mass is 9.76. The summed E-state index contributed by atoms with van der Waals surface area (Å²) in [5.74, 6) is -1.02. The maximum Gasteiger partial charge on any atom is 0.306 e. The summed E-state index contributed by atoms with van der Waals surface area (Å²) in [6, 6.07) is 9.13. The molecule has 0 bridgehead atoms. The van der Waals surface area contributed by atoms with Gasteiger partial charge >= 0.3 is 5.97 Å². The maximum atomic E-state index is 12.1. The van der Waals surface area contributed by atoms with Gasteiger partial charge in [0.1, 0.15) is 0 Å². The molecule has 0 aromatic heterocycles. The van der Waals surface area contributed by atoms with E-state index in [1.54, 1.807) is 12.1 Å². The first-order valence-electron chi connectivity index (χ1n) is 6.49. The van der Waals surface area contributed by atoms with Crippen molar-refractivity contribution in [1.29, 1.82) is 0 Å². The van der Waals surface area contributed by atoms with Crippen LogP contribution in [0.4, 0.5) is 0 Å². The van der Waals surface area contributed by atoms with Gasteiger partial charge in [-0.15, -0.1) is 0 Å². The lowest BCUT2D eigenvalue weighted by Crippen LogP contribution is -2.28. The molecule has 1 aromatic rings. The number of hydrogen-bond donors (Lipinski definition) is 1. The van der Waals surface area contributed by atoms with Crippen LogP contribution in [0.3, 0.4) is 0 Å². The fraction of sp³-hybridized carbons (Fsp3) is 0.467. The van der Waals surface area contributed by atoms with Crippen LogP contribution < -0.4 is 0 Å². The first kappa shape index (κ1) is 12.8. The monoisotopic (exact) mass is 246 g/mol. The standard InChI is InChI=1S/C15H18O3/c16-14(11-6-2-1-3-7-11)10-12-8-4-5-9-13(12)15(17)18/h1-3,6-7,12-13H,4-5,8-10H2,(H,17,18)/t12-,13+/m0/s1. The molecule has 1 saturated carbocycles. The second-order valence-electron chi connectivity index (χ2n) is 4.98. The molecule has 0 aliphatic heterocycles. The van der Waals surface area contributed by atoms with Gasteiger partial charge in [0.15, 0.2) is 5.78 Å². The van der Waals surface area contributed by atoms with Crippen LogP contribution in [-0.2, 0) is 4.79 Å². The molecule has 96 valence electrons. The highest BCUT2D eigenvalue weighted by atomic mass is 16.4. The van der Waals surface area contributed by atoms with E-state index in [9.17, 15) is 14.7 Å². The zero-order valence-corrected chi connectivity index (χ0v) is 10.3. The first-order chi connectivity index (χ1) is 8.68. The van der Waals surface area contributed by atoms with Crippen molar-refractivity contribution >= 4 is 11.8 Å². The van der Waals surface area contributed by atoms with E-state index in [4.69, 9.17) is 0 Å². The smallest absolute Gasteiger partial charge is 0.306 e. The van der Waals surface area contributed by atoms with Gasteiger partial charge in [0.2, 0.25) is 0 Å². The number of benzene rings is 1. The number of carboxylic acids is 1. The zero-order valence-electron chi connectivity index (χ0n) is 10.3. The number of ketones is 1. The molecule has 1 aliphatic rings. The average Bonchev–Trinajstić information content (AvgIpc) is 2.40. The molecule has 1 aliphatic carbocycles. The highest BCUT2D eigenvalue weighted by Crippen LogP contribution is 2.33. The van der Waals surface area contributed by atoms with E-state index < -0.39 is 5.97 Å². The molecule has 1 aromatic carbocycles. The van der Waals surface area contributed by atoms with Crippen LogP contribution in [0.25, 0.3) is 0 Å². The Hall–Kier alpha value is -1.64. The van der Waals surface area contributed by atoms with Gasteiger partial charge in [-0.3, -0.25) is 9.59 Å². The van der Waals surface area contributed by atoms with E-state index >= 15 is 0 Å². The lowest BCUT2D eigenvalue weighted by molar-refractivity contribution is -0.144. The highest BCUT2D eigenvalue weighted by molar-refractivity contribution is 5.96. The van der Waals surface area contributed by atoms with Gasteiger partial charge in [-0.05, 0) is 18.8 Å². The van der Waals surface area contributed by atoms with Crippen molar-refractivity contribution in [2.45, 2.75) is 32.1 Å². The summed E-state index contributed by atoms with van der Waals surface area (Å²) in [5.41, 5.74) is 0.687. The van der Waals surface area contributed by atoms with Gasteiger partial charge in [0, 0.05) is 12.0 Å². The summed E-state index contributed by atoms with van der Waals surface area (Å²) in [6.07, 6.45) is 3.93. The molecule has 0 heterocycles. The molecule has 1 N–H and O–H groups in total. The number of hydrogen-bond acceptors (Lipinski definition) is 2. The average molecular weight is 246 g/mol. The molecule has 0 spiro atoms. The normalized spacial score (nSPS) is 23.6. The van der Waals surface area contributed by atoms with Crippen LogP contribution in [0.15, 0.2) is 30.3 Å². The summed E-state index contributed by atoms with van der Waals surface area (Å²) in [7, 11) is 0. The van der Waals surface area contributed by atoms with Crippen molar-refractivity contribution < 1.29 is 14.7 Å². The van der Waals surface area contributed by atoms with E-state index in [1.165, 1.54) is 0 Å². The second-order valence-corrected chi connectivity index (χ2v) is 4.98. The van der Waals surface area contributed by atoms with E-state index in [0.29, 0.717) is 18.4 Å². The topological polar surface area (TPSA) is 54.4 Å². The number of carboxylic acid groups (broad SMARTS) is 1. The van der Waals surface area contributed by atoms with Gasteiger partial charge < -0.3 is 5.11 Å². The molecule has 2 rings (SSSR count). The van der Waals surface area contributed by atoms with Crippen LogP contribution in [-0.4, -0.2) is 16.9 Å². The molecule has 1 fully saturated rings. The van der Waals surface area contributed by atoms with Crippen LogP contribution in [0.5, 0.6) is 0 Å². The Bertz CT molecular complexity index is 425. The van der Waals surface area contributed by atoms with Crippen LogP contribution >= 0.6 is 0 Å². The van der Waals surface area contributed by atoms with Gasteiger partial charge in [-0.2, -0.15) is 0 Å². The second kappa shape index (κ2) is 5.80. The summed E-state index contributed by atoms with van der Waals surface area (Å²) < 4.78 is 0. The molecule has 3 nitrogen and oxygen atoms in total. The van der Waals surface area contributed by atoms with Crippen molar-refractivity contribution in [2.75, 3.05) is 0 Å². The Kier molecular flexibility index (Phi) is 4.13. The molecule has 18 heavy (non-hydrogen) atoms. The first-order valence-corrected chi connectivity index (χ1v) is 6.49. The van der Waals surface area contributed by atoms with Crippen LogP contribution in [0.2, 0.25) is 0 Å². The molecule has 0 unspecified atom stereocenters. The summed E-state index contributed by atoms with van der Waals surface area (Å²) >= 11 is 0. The van der Waals surface area contributed by atoms with Crippen molar-refractivity contribution in [1.82, 2.24) is 0 Å². The van der Waals surface area contributed by atoms with Crippen molar-refractivity contribution in [3.8, 4) is 0 Å². The fourth-order valence-corrected chi connectivity index (χ4v) is 2.76. The SMILES string of the molecule is O=C(C[C@@H]1CCCC[C@H]1C(=O)O)c1ccccc1. The van der Waals surface area contributed by atoms with E-state index in [2.05, 4.69) is 0 Å². The summed E-state index contributed by atoms with van der Waals surface area (Å²) in [5, 5.41) is 9.18. The van der Waals surface area contributed by atoms with E-state index in [-0.39, 0.29) is 17.6 Å². The summed E-state index contributed by atoms with van der Waals surface area (Å²) in [6.45, 7) is 0. The molecule has 2 atom stereocenters. The largest absolute Gasteiger partial charge is 0.481 e. The predicted octanol–water partition coefficient (Wildman–Crippen LogP) is 3.15. The zero-order chi connectivity index (χ0) is 13.0. The third kappa shape index (κ3) is 2.97. The minimum Gasteiger partial charge on any atom is -0.481 e. The van der Waals surface area contributed by atoms with E-state index in [1.807, 2.05) is 18.2 Å². The Morgan fingerprint density at radius 1 is 1.11 bits per heavy atom. The third-order valence-electron chi connectivity index (χ3n) is 3.77. The molecule has 0 radical (unpaired) electrons. The van der Waals surface area contributed by atoms with Crippen LogP contribution in [0, 0.1) is 11.8 Å². The van der Waals surface area contributed by atoms with Gasteiger partial charge in [0.05, 0.1) is 5.92 Å². The molecule has 3 heteroatoms. The summed E-state index contributed by atoms with van der Waals surface area (Å²) in [4.78, 5) is 23.3. The van der Waals surface area contributed by atoms with Gasteiger partial charge in [-0.1, -0.05) is 43.2 Å². The highest BCUT2D eigenvalue weighted by Gasteiger charge is 2.32. The molecule has 0 saturated heterocycles. The van der Waals surface area contributed by atoms with Gasteiger partial charge in [-0.25, -0.2) is 0 Å². The Balaban J connectivity index is 2.03. The number of rotatable bonds is 4. The third-order valence-corrected chi connectivity index (χ3v) is 3.77. The Labute approximate surface area is 107 Å². The molecule has 0 amide bonds. The minimum absolute atomic E-state index is 0.00366. The van der Waals surface area contributed by atoms with Crippen LogP contribution in [0.1, 0.15) is 42.5 Å². The number of carbonyl (C=O) groups excluding carboxylic acids is 1. The van der Waals surface area contributed by atoms with Crippen molar-refractivity contribution in [3.63, 3.8) is 0 Å². The fourth-order valence-electron chi connectivity index (χ4n) is 2.76. The van der Waals surface area contributed by atoms with Gasteiger partial charge in [0.25, 0.3) is 0 Å². The Morgan fingerprint density at radius 2 is 1.78 bits per heavy atom. The quantitative estimate of drug-likeness (QED) is 0.830. The lowest BCUT2D eigenvalue weighted by Gasteiger charge is -2.27. The Morgan fingerprint density at radius 3 is 2.44 bits per heavy atom.